The highest BCUT2D eigenvalue weighted by Gasteiger charge is 2.46. The Kier molecular flexibility index (Phi) is 5.16. The van der Waals surface area contributed by atoms with Crippen molar-refractivity contribution in [3.63, 3.8) is 0 Å². The number of nitrogens with zero attached hydrogens (tertiary/aromatic N) is 1. The predicted molar refractivity (Wildman–Crippen MR) is 93.1 cm³/mol. The third-order valence-electron chi connectivity index (χ3n) is 4.77. The van der Waals surface area contributed by atoms with E-state index in [1.165, 1.54) is 12.0 Å². The first kappa shape index (κ1) is 17.8. The summed E-state index contributed by atoms with van der Waals surface area (Å²) in [5.41, 5.74) is 0.579. The van der Waals surface area contributed by atoms with E-state index in [0.717, 1.165) is 0 Å². The summed E-state index contributed by atoms with van der Waals surface area (Å²) in [5.74, 6) is -1.93. The van der Waals surface area contributed by atoms with Crippen LogP contribution in [0.25, 0.3) is 0 Å². The fraction of sp³-hybridized carbons (Fsp3) is 0.368. The molecule has 2 atom stereocenters. The fourth-order valence-electron chi connectivity index (χ4n) is 3.40. The second-order valence-corrected chi connectivity index (χ2v) is 6.32. The molecule has 3 rings (SSSR count). The zero-order chi connectivity index (χ0) is 18.7. The Balaban J connectivity index is 1.61. The minimum absolute atomic E-state index is 0.0279. The molecule has 3 amide bonds. The van der Waals surface area contributed by atoms with Gasteiger partial charge in [-0.15, -0.1) is 0 Å². The van der Waals surface area contributed by atoms with Gasteiger partial charge >= 0.3 is 5.97 Å². The molecular weight excluding hydrogens is 336 g/mol. The number of para-hydroxylation sites is 1. The number of esters is 1. The van der Waals surface area contributed by atoms with Crippen LogP contribution in [-0.2, 0) is 19.1 Å². The van der Waals surface area contributed by atoms with Crippen molar-refractivity contribution in [2.24, 2.45) is 11.8 Å². The van der Waals surface area contributed by atoms with Crippen LogP contribution < -0.4 is 5.32 Å². The van der Waals surface area contributed by atoms with Crippen LogP contribution in [0.4, 0.5) is 5.69 Å². The number of carbonyl (C=O) groups excluding carboxylic acids is 4. The molecule has 0 spiro atoms. The number of ether oxygens (including phenoxy) is 1. The van der Waals surface area contributed by atoms with Gasteiger partial charge < -0.3 is 10.1 Å². The Bertz CT molecular complexity index is 760. The average molecular weight is 356 g/mol. The summed E-state index contributed by atoms with van der Waals surface area (Å²) in [7, 11) is 1.26. The van der Waals surface area contributed by atoms with Crippen molar-refractivity contribution in [1.29, 1.82) is 0 Å². The van der Waals surface area contributed by atoms with Crippen molar-refractivity contribution in [3.05, 3.63) is 42.0 Å². The quantitative estimate of drug-likeness (QED) is 0.493. The summed E-state index contributed by atoms with van der Waals surface area (Å²) in [5, 5.41) is 2.64. The van der Waals surface area contributed by atoms with Gasteiger partial charge in [0, 0.05) is 13.0 Å². The van der Waals surface area contributed by atoms with E-state index in [1.807, 2.05) is 12.2 Å². The smallest absolute Gasteiger partial charge is 0.339 e. The number of imide groups is 1. The van der Waals surface area contributed by atoms with Gasteiger partial charge in [-0.05, 0) is 25.0 Å². The standard InChI is InChI=1S/C19H20N2O5/c1-26-19(25)14-8-4-5-9-15(14)20-16(22)10-11-21-17(23)12-6-2-3-7-13(12)18(21)24/h2-5,8-9,12-13H,6-7,10-11H2,1H3,(H,20,22)/t12-,13+. The number of rotatable bonds is 5. The van der Waals surface area contributed by atoms with E-state index in [9.17, 15) is 19.2 Å². The molecule has 1 heterocycles. The van der Waals surface area contributed by atoms with Crippen LogP contribution in [0.3, 0.4) is 0 Å². The van der Waals surface area contributed by atoms with E-state index in [4.69, 9.17) is 0 Å². The van der Waals surface area contributed by atoms with Crippen LogP contribution in [-0.4, -0.2) is 42.2 Å². The third-order valence-corrected chi connectivity index (χ3v) is 4.77. The van der Waals surface area contributed by atoms with E-state index < -0.39 is 5.97 Å². The normalized spacial score (nSPS) is 21.5. The molecule has 136 valence electrons. The van der Waals surface area contributed by atoms with Crippen LogP contribution in [0.1, 0.15) is 29.6 Å². The Morgan fingerprint density at radius 1 is 1.12 bits per heavy atom. The topological polar surface area (TPSA) is 92.8 Å². The number of hydrogen-bond acceptors (Lipinski definition) is 5. The Hall–Kier alpha value is -2.96. The highest BCUT2D eigenvalue weighted by Crippen LogP contribution is 2.35. The zero-order valence-corrected chi connectivity index (χ0v) is 14.4. The van der Waals surface area contributed by atoms with Gasteiger partial charge in [-0.1, -0.05) is 24.3 Å². The second-order valence-electron chi connectivity index (χ2n) is 6.32. The fourth-order valence-corrected chi connectivity index (χ4v) is 3.40. The molecule has 0 saturated carbocycles. The van der Waals surface area contributed by atoms with Crippen molar-refractivity contribution >= 4 is 29.4 Å². The van der Waals surface area contributed by atoms with Crippen molar-refractivity contribution in [1.82, 2.24) is 4.90 Å². The number of benzene rings is 1. The number of allylic oxidation sites excluding steroid dienone is 2. The second kappa shape index (κ2) is 7.51. The highest BCUT2D eigenvalue weighted by atomic mass is 16.5. The van der Waals surface area contributed by atoms with Gasteiger partial charge in [-0.2, -0.15) is 0 Å². The molecule has 7 nitrogen and oxygen atoms in total. The minimum atomic E-state index is -0.553. The number of carbonyl (C=O) groups is 4. The highest BCUT2D eigenvalue weighted by molar-refractivity contribution is 6.06. The lowest BCUT2D eigenvalue weighted by molar-refractivity contribution is -0.140. The van der Waals surface area contributed by atoms with Crippen LogP contribution >= 0.6 is 0 Å². The third kappa shape index (κ3) is 3.37. The number of anilines is 1. The summed E-state index contributed by atoms with van der Waals surface area (Å²) in [4.78, 5) is 49.9. The lowest BCUT2D eigenvalue weighted by Crippen LogP contribution is -2.34. The van der Waals surface area contributed by atoms with Crippen LogP contribution in [0.15, 0.2) is 36.4 Å². The maximum absolute atomic E-state index is 12.4. The molecule has 7 heteroatoms. The van der Waals surface area contributed by atoms with Crippen LogP contribution in [0.5, 0.6) is 0 Å². The van der Waals surface area contributed by atoms with E-state index in [2.05, 4.69) is 10.1 Å². The number of nitrogens with one attached hydrogen (secondary N) is 1. The van der Waals surface area contributed by atoms with Crippen molar-refractivity contribution in [3.8, 4) is 0 Å². The van der Waals surface area contributed by atoms with E-state index in [0.29, 0.717) is 18.5 Å². The number of amides is 3. The molecule has 1 aromatic carbocycles. The molecule has 1 N–H and O–H groups in total. The van der Waals surface area contributed by atoms with E-state index in [1.54, 1.807) is 24.3 Å². The number of fused-ring (bicyclic) bond motifs is 1. The molecule has 1 saturated heterocycles. The van der Waals surface area contributed by atoms with Crippen molar-refractivity contribution < 1.29 is 23.9 Å². The molecule has 1 aromatic rings. The van der Waals surface area contributed by atoms with Crippen molar-refractivity contribution in [2.45, 2.75) is 19.3 Å². The molecular formula is C19H20N2O5. The van der Waals surface area contributed by atoms with Crippen LogP contribution in [0, 0.1) is 11.8 Å². The minimum Gasteiger partial charge on any atom is -0.465 e. The van der Waals surface area contributed by atoms with Gasteiger partial charge in [0.15, 0.2) is 0 Å². The summed E-state index contributed by atoms with van der Waals surface area (Å²) >= 11 is 0. The monoisotopic (exact) mass is 356 g/mol. The molecule has 1 aliphatic heterocycles. The van der Waals surface area contributed by atoms with Gasteiger partial charge in [0.2, 0.25) is 17.7 Å². The van der Waals surface area contributed by atoms with Gasteiger partial charge in [-0.3, -0.25) is 19.3 Å². The molecule has 2 aliphatic rings. The molecule has 0 unspecified atom stereocenters. The van der Waals surface area contributed by atoms with Gasteiger partial charge in [0.25, 0.3) is 0 Å². The Morgan fingerprint density at radius 3 is 2.35 bits per heavy atom. The molecule has 26 heavy (non-hydrogen) atoms. The molecule has 0 bridgehead atoms. The maximum Gasteiger partial charge on any atom is 0.339 e. The first-order valence-electron chi connectivity index (χ1n) is 8.50. The van der Waals surface area contributed by atoms with Gasteiger partial charge in [-0.25, -0.2) is 4.79 Å². The SMILES string of the molecule is COC(=O)c1ccccc1NC(=O)CCN1C(=O)[C@H]2CC=CC[C@H]2C1=O. The predicted octanol–water partition coefficient (Wildman–Crippen LogP) is 1.75. The molecule has 1 fully saturated rings. The van der Waals surface area contributed by atoms with Crippen molar-refractivity contribution in [2.75, 3.05) is 19.0 Å². The largest absolute Gasteiger partial charge is 0.465 e. The Morgan fingerprint density at radius 2 is 1.73 bits per heavy atom. The summed E-state index contributed by atoms with van der Waals surface area (Å²) in [6.07, 6.45) is 4.97. The molecule has 0 radical (unpaired) electrons. The van der Waals surface area contributed by atoms with Gasteiger partial charge in [0.05, 0.1) is 30.2 Å². The number of methoxy groups -OCH3 is 1. The average Bonchev–Trinajstić information content (AvgIpc) is 2.91. The zero-order valence-electron chi connectivity index (χ0n) is 14.4. The summed E-state index contributed by atoms with van der Waals surface area (Å²) in [6.45, 7) is 0.0386. The number of hydrogen-bond donors (Lipinski definition) is 1. The van der Waals surface area contributed by atoms with Gasteiger partial charge in [0.1, 0.15) is 0 Å². The maximum atomic E-state index is 12.4. The lowest BCUT2D eigenvalue weighted by Gasteiger charge is -2.15. The summed E-state index contributed by atoms with van der Waals surface area (Å²) in [6, 6.07) is 6.50. The lowest BCUT2D eigenvalue weighted by atomic mass is 9.85. The first-order valence-corrected chi connectivity index (χ1v) is 8.50. The summed E-state index contributed by atoms with van der Waals surface area (Å²) < 4.78 is 4.69. The van der Waals surface area contributed by atoms with Crippen LogP contribution in [0.2, 0.25) is 0 Å². The Labute approximate surface area is 151 Å². The van der Waals surface area contributed by atoms with E-state index >= 15 is 0 Å². The number of likely N-dealkylation sites (tertiary alicyclic amines) is 1. The molecule has 0 aromatic heterocycles. The molecule has 1 aliphatic carbocycles. The van der Waals surface area contributed by atoms with E-state index in [-0.39, 0.29) is 48.1 Å². The first-order chi connectivity index (χ1) is 12.5.